The summed E-state index contributed by atoms with van der Waals surface area (Å²) in [6.45, 7) is 5.78. The van der Waals surface area contributed by atoms with Gasteiger partial charge < -0.3 is 5.11 Å². The molecule has 0 amide bonds. The van der Waals surface area contributed by atoms with Gasteiger partial charge in [-0.3, -0.25) is 5.01 Å². The number of hydrogen-bond acceptors (Lipinski definition) is 3. The molecule has 1 N–H and O–H groups in total. The van der Waals surface area contributed by atoms with Crippen LogP contribution in [0.15, 0.2) is 5.10 Å². The summed E-state index contributed by atoms with van der Waals surface area (Å²) in [4.78, 5) is 0. The fraction of sp³-hybridized carbons (Fsp3) is 0.875. The molecule has 0 fully saturated rings. The van der Waals surface area contributed by atoms with Crippen LogP contribution in [0.4, 0.5) is 0 Å². The van der Waals surface area contributed by atoms with Crippen molar-refractivity contribution in [1.29, 1.82) is 0 Å². The maximum atomic E-state index is 9.06. The molecule has 0 aliphatic rings. The van der Waals surface area contributed by atoms with Gasteiger partial charge in [0.1, 0.15) is 6.23 Å². The minimum Gasteiger partial charge on any atom is -0.372 e. The van der Waals surface area contributed by atoms with E-state index in [2.05, 4.69) is 12.0 Å². The molecule has 0 aromatic carbocycles. The Morgan fingerprint density at radius 3 is 2.55 bits per heavy atom. The fourth-order valence-corrected chi connectivity index (χ4v) is 0.765. The van der Waals surface area contributed by atoms with Gasteiger partial charge in [0.15, 0.2) is 0 Å². The van der Waals surface area contributed by atoms with Crippen molar-refractivity contribution in [1.82, 2.24) is 5.01 Å². The second-order valence-electron chi connectivity index (χ2n) is 2.79. The van der Waals surface area contributed by atoms with Crippen LogP contribution in [0.5, 0.6) is 0 Å². The van der Waals surface area contributed by atoms with Crippen molar-refractivity contribution < 1.29 is 5.11 Å². The number of nitrogens with zero attached hydrogens (tertiary/aromatic N) is 2. The molecule has 0 spiro atoms. The molecule has 0 radical (unpaired) electrons. The van der Waals surface area contributed by atoms with Gasteiger partial charge >= 0.3 is 0 Å². The van der Waals surface area contributed by atoms with Crippen LogP contribution in [0.2, 0.25) is 0 Å². The number of aliphatic hydroxyl groups excluding tert-OH is 1. The summed E-state index contributed by atoms with van der Waals surface area (Å²) in [7, 11) is 1.77. The van der Waals surface area contributed by atoms with E-state index in [-0.39, 0.29) is 0 Å². The Morgan fingerprint density at radius 2 is 2.18 bits per heavy atom. The van der Waals surface area contributed by atoms with Gasteiger partial charge in [-0.1, -0.05) is 13.3 Å². The molecule has 0 heterocycles. The Balaban J connectivity index is 3.86. The molecule has 3 heteroatoms. The Bertz CT molecular complexity index is 132. The molecule has 1 unspecified atom stereocenters. The summed E-state index contributed by atoms with van der Waals surface area (Å²) >= 11 is 0. The largest absolute Gasteiger partial charge is 0.372 e. The second-order valence-corrected chi connectivity index (χ2v) is 2.79. The summed E-state index contributed by atoms with van der Waals surface area (Å²) in [6, 6.07) is 0. The summed E-state index contributed by atoms with van der Waals surface area (Å²) in [5.74, 6) is 0. The topological polar surface area (TPSA) is 35.8 Å². The van der Waals surface area contributed by atoms with Crippen molar-refractivity contribution in [2.24, 2.45) is 5.10 Å². The first-order chi connectivity index (χ1) is 5.07. The maximum Gasteiger partial charge on any atom is 0.139 e. The van der Waals surface area contributed by atoms with Crippen molar-refractivity contribution in [3.05, 3.63) is 0 Å². The summed E-state index contributed by atoms with van der Waals surface area (Å²) < 4.78 is 0. The molecule has 0 rings (SSSR count). The Kier molecular flexibility index (Phi) is 4.86. The molecule has 3 nitrogen and oxygen atoms in total. The van der Waals surface area contributed by atoms with Crippen LogP contribution in [0.25, 0.3) is 0 Å². The molecule has 0 aromatic rings. The zero-order valence-corrected chi connectivity index (χ0v) is 7.83. The smallest absolute Gasteiger partial charge is 0.139 e. The Morgan fingerprint density at radius 1 is 1.64 bits per heavy atom. The summed E-state index contributed by atoms with van der Waals surface area (Å²) in [6.07, 6.45) is 1.60. The van der Waals surface area contributed by atoms with Crippen LogP contribution in [0, 0.1) is 0 Å². The Hall–Kier alpha value is -0.570. The van der Waals surface area contributed by atoms with Gasteiger partial charge in [-0.15, -0.1) is 0 Å². The zero-order chi connectivity index (χ0) is 8.85. The summed E-state index contributed by atoms with van der Waals surface area (Å²) in [5, 5.41) is 14.8. The van der Waals surface area contributed by atoms with Gasteiger partial charge in [-0.25, -0.2) is 0 Å². The molecule has 0 aromatic heterocycles. The number of hydrazone groups is 1. The lowest BCUT2D eigenvalue weighted by molar-refractivity contribution is 0.0404. The highest BCUT2D eigenvalue weighted by Crippen LogP contribution is 1.96. The van der Waals surface area contributed by atoms with Crippen LogP contribution in [0.1, 0.15) is 33.6 Å². The van der Waals surface area contributed by atoms with E-state index in [4.69, 9.17) is 5.11 Å². The molecule has 0 aliphatic carbocycles. The van der Waals surface area contributed by atoms with Gasteiger partial charge in [0.25, 0.3) is 0 Å². The van der Waals surface area contributed by atoms with Crippen molar-refractivity contribution in [3.8, 4) is 0 Å². The monoisotopic (exact) mass is 158 g/mol. The van der Waals surface area contributed by atoms with E-state index in [1.807, 2.05) is 6.92 Å². The molecular formula is C8H18N2O. The van der Waals surface area contributed by atoms with Gasteiger partial charge in [-0.2, -0.15) is 5.10 Å². The predicted molar refractivity (Wildman–Crippen MR) is 47.5 cm³/mol. The van der Waals surface area contributed by atoms with E-state index >= 15 is 0 Å². The van der Waals surface area contributed by atoms with E-state index in [1.54, 1.807) is 19.0 Å². The molecule has 0 saturated heterocycles. The van der Waals surface area contributed by atoms with Crippen molar-refractivity contribution in [2.45, 2.75) is 39.8 Å². The lowest BCUT2D eigenvalue weighted by Gasteiger charge is -2.16. The molecule has 0 bridgehead atoms. The first-order valence-electron chi connectivity index (χ1n) is 4.03. The van der Waals surface area contributed by atoms with Crippen LogP contribution >= 0.6 is 0 Å². The van der Waals surface area contributed by atoms with E-state index in [9.17, 15) is 0 Å². The first-order valence-corrected chi connectivity index (χ1v) is 4.03. The number of aliphatic hydroxyl groups is 1. The molecular weight excluding hydrogens is 140 g/mol. The minimum atomic E-state index is -0.498. The van der Waals surface area contributed by atoms with Crippen molar-refractivity contribution >= 4 is 5.71 Å². The third-order valence-electron chi connectivity index (χ3n) is 1.48. The Labute approximate surface area is 68.7 Å². The highest BCUT2D eigenvalue weighted by Gasteiger charge is 2.00. The van der Waals surface area contributed by atoms with E-state index in [1.165, 1.54) is 0 Å². The van der Waals surface area contributed by atoms with E-state index in [0.717, 1.165) is 18.6 Å². The number of hydrogen-bond donors (Lipinski definition) is 1. The van der Waals surface area contributed by atoms with Gasteiger partial charge in [0.05, 0.1) is 0 Å². The van der Waals surface area contributed by atoms with Gasteiger partial charge in [0, 0.05) is 12.8 Å². The van der Waals surface area contributed by atoms with Crippen LogP contribution < -0.4 is 0 Å². The van der Waals surface area contributed by atoms with E-state index in [0.29, 0.717) is 0 Å². The quantitative estimate of drug-likeness (QED) is 0.381. The summed E-state index contributed by atoms with van der Waals surface area (Å²) in [5.41, 5.74) is 1.07. The van der Waals surface area contributed by atoms with Crippen molar-refractivity contribution in [3.63, 3.8) is 0 Å². The van der Waals surface area contributed by atoms with Gasteiger partial charge in [0.2, 0.25) is 0 Å². The molecule has 0 aliphatic heterocycles. The average Bonchev–Trinajstić information content (AvgIpc) is 1.87. The highest BCUT2D eigenvalue weighted by atomic mass is 16.3. The maximum absolute atomic E-state index is 9.06. The van der Waals surface area contributed by atoms with E-state index < -0.39 is 6.23 Å². The molecule has 1 atom stereocenters. The normalized spacial score (nSPS) is 14.8. The third-order valence-corrected chi connectivity index (χ3v) is 1.48. The minimum absolute atomic E-state index is 0.498. The predicted octanol–water partition coefficient (Wildman–Crippen LogP) is 1.43. The molecule has 0 saturated carbocycles. The average molecular weight is 158 g/mol. The zero-order valence-electron chi connectivity index (χ0n) is 7.83. The lowest BCUT2D eigenvalue weighted by atomic mass is 10.2. The van der Waals surface area contributed by atoms with Crippen LogP contribution in [0.3, 0.4) is 0 Å². The lowest BCUT2D eigenvalue weighted by Crippen LogP contribution is -2.24. The highest BCUT2D eigenvalue weighted by molar-refractivity contribution is 5.81. The molecule has 66 valence electrons. The second kappa shape index (κ2) is 5.13. The van der Waals surface area contributed by atoms with Crippen LogP contribution in [-0.2, 0) is 0 Å². The fourth-order valence-electron chi connectivity index (χ4n) is 0.765. The standard InChI is InChI=1S/C8H18N2O/c1-5-6-7(2)9-10(4)8(3)11/h8,11H,5-6H2,1-4H3/b9-7+. The SMILES string of the molecule is CCC/C(C)=N/N(C)C(C)O. The van der Waals surface area contributed by atoms with Crippen molar-refractivity contribution in [2.75, 3.05) is 7.05 Å². The first kappa shape index (κ1) is 10.4. The third kappa shape index (κ3) is 4.79. The van der Waals surface area contributed by atoms with Gasteiger partial charge in [-0.05, 0) is 20.3 Å². The molecule has 11 heavy (non-hydrogen) atoms. The number of rotatable bonds is 4. The van der Waals surface area contributed by atoms with Crippen LogP contribution in [-0.4, -0.2) is 29.1 Å².